The summed E-state index contributed by atoms with van der Waals surface area (Å²) in [5.41, 5.74) is 1.81. The number of ketones is 1. The molecule has 0 amide bonds. The minimum absolute atomic E-state index is 0.0466. The van der Waals surface area contributed by atoms with Gasteiger partial charge in [-0.15, -0.1) is 0 Å². The second kappa shape index (κ2) is 6.55. The van der Waals surface area contributed by atoms with Crippen LogP contribution in [0.2, 0.25) is 0 Å². The van der Waals surface area contributed by atoms with Gasteiger partial charge in [-0.1, -0.05) is 48.5 Å². The highest BCUT2D eigenvalue weighted by Crippen LogP contribution is 2.13. The number of carbonyl (C=O) groups is 1. The Morgan fingerprint density at radius 2 is 1.89 bits per heavy atom. The van der Waals surface area contributed by atoms with Gasteiger partial charge in [-0.2, -0.15) is 0 Å². The smallest absolute Gasteiger partial charge is 0.159 e. The lowest BCUT2D eigenvalue weighted by Gasteiger charge is -2.04. The lowest BCUT2D eigenvalue weighted by molar-refractivity contribution is 0.101. The lowest BCUT2D eigenvalue weighted by Crippen LogP contribution is -1.96. The summed E-state index contributed by atoms with van der Waals surface area (Å²) in [6.45, 7) is 2.03. The van der Waals surface area contributed by atoms with Gasteiger partial charge in [0.2, 0.25) is 0 Å². The summed E-state index contributed by atoms with van der Waals surface area (Å²) in [5.74, 6) is 0.760. The monoisotopic (exact) mass is 252 g/mol. The number of benzene rings is 2. The van der Waals surface area contributed by atoms with Gasteiger partial charge in [0.05, 0.1) is 0 Å². The molecule has 0 spiro atoms. The Bertz CT molecular complexity index is 571. The van der Waals surface area contributed by atoms with Gasteiger partial charge in [-0.05, 0) is 30.7 Å². The number of ether oxygens (including phenoxy) is 1. The van der Waals surface area contributed by atoms with Crippen LogP contribution in [0.4, 0.5) is 0 Å². The van der Waals surface area contributed by atoms with Crippen molar-refractivity contribution in [3.8, 4) is 5.75 Å². The third-order valence-corrected chi connectivity index (χ3v) is 2.70. The van der Waals surface area contributed by atoms with Crippen molar-refractivity contribution >= 4 is 11.9 Å². The normalized spacial score (nSPS) is 10.6. The van der Waals surface area contributed by atoms with Crippen LogP contribution in [0, 0.1) is 0 Å². The highest BCUT2D eigenvalue weighted by Gasteiger charge is 2.00. The molecule has 19 heavy (non-hydrogen) atoms. The summed E-state index contributed by atoms with van der Waals surface area (Å²) < 4.78 is 5.58. The number of carbonyl (C=O) groups excluding carboxylic acids is 1. The van der Waals surface area contributed by atoms with Crippen molar-refractivity contribution in [2.75, 3.05) is 6.61 Å². The summed E-state index contributed by atoms with van der Waals surface area (Å²) in [7, 11) is 0. The van der Waals surface area contributed by atoms with E-state index >= 15 is 0 Å². The molecule has 0 fully saturated rings. The van der Waals surface area contributed by atoms with E-state index in [9.17, 15) is 4.79 Å². The van der Waals surface area contributed by atoms with Crippen LogP contribution in [0.25, 0.3) is 6.08 Å². The molecule has 2 nitrogen and oxygen atoms in total. The van der Waals surface area contributed by atoms with E-state index in [0.717, 1.165) is 5.56 Å². The quantitative estimate of drug-likeness (QED) is 0.752. The van der Waals surface area contributed by atoms with Crippen LogP contribution in [-0.4, -0.2) is 12.4 Å². The van der Waals surface area contributed by atoms with Crippen LogP contribution in [0.3, 0.4) is 0 Å². The maximum absolute atomic E-state index is 11.2. The predicted molar refractivity (Wildman–Crippen MR) is 77.4 cm³/mol. The topological polar surface area (TPSA) is 26.3 Å². The zero-order valence-corrected chi connectivity index (χ0v) is 10.9. The van der Waals surface area contributed by atoms with Crippen molar-refractivity contribution in [1.29, 1.82) is 0 Å². The number of Topliss-reactive ketones (excluding diaryl/α,β-unsaturated/α-hetero) is 1. The van der Waals surface area contributed by atoms with Crippen LogP contribution in [-0.2, 0) is 0 Å². The summed E-state index contributed by atoms with van der Waals surface area (Å²) >= 11 is 0. The van der Waals surface area contributed by atoms with Gasteiger partial charge in [0.15, 0.2) is 5.78 Å². The molecule has 2 aromatic carbocycles. The third-order valence-electron chi connectivity index (χ3n) is 2.70. The van der Waals surface area contributed by atoms with E-state index in [1.165, 1.54) is 0 Å². The van der Waals surface area contributed by atoms with Gasteiger partial charge in [0, 0.05) is 5.56 Å². The molecule has 0 aromatic heterocycles. The van der Waals surface area contributed by atoms with Crippen molar-refractivity contribution in [2.45, 2.75) is 6.92 Å². The van der Waals surface area contributed by atoms with Gasteiger partial charge in [0.25, 0.3) is 0 Å². The zero-order valence-electron chi connectivity index (χ0n) is 10.9. The molecule has 0 aliphatic heterocycles. The summed E-state index contributed by atoms with van der Waals surface area (Å²) in [4.78, 5) is 11.2. The largest absolute Gasteiger partial charge is 0.490 e. The molecule has 0 saturated heterocycles. The van der Waals surface area contributed by atoms with E-state index in [-0.39, 0.29) is 5.78 Å². The highest BCUT2D eigenvalue weighted by atomic mass is 16.5. The molecule has 0 unspecified atom stereocenters. The Hall–Kier alpha value is -2.35. The number of rotatable bonds is 5. The summed E-state index contributed by atoms with van der Waals surface area (Å²) in [6.07, 6.45) is 3.96. The molecule has 2 heteroatoms. The van der Waals surface area contributed by atoms with Crippen molar-refractivity contribution in [1.82, 2.24) is 0 Å². The summed E-state index contributed by atoms with van der Waals surface area (Å²) in [5, 5.41) is 0. The fraction of sp³-hybridized carbons (Fsp3) is 0.118. The maximum atomic E-state index is 11.2. The Kier molecular flexibility index (Phi) is 4.51. The number of hydrogen-bond donors (Lipinski definition) is 0. The molecule has 2 aromatic rings. The van der Waals surface area contributed by atoms with Gasteiger partial charge < -0.3 is 4.74 Å². The average Bonchev–Trinajstić information content (AvgIpc) is 2.45. The Labute approximate surface area is 113 Å². The van der Waals surface area contributed by atoms with Gasteiger partial charge >= 0.3 is 0 Å². The second-order valence-electron chi connectivity index (χ2n) is 4.21. The van der Waals surface area contributed by atoms with Crippen LogP contribution < -0.4 is 4.74 Å². The fourth-order valence-electron chi connectivity index (χ4n) is 1.70. The van der Waals surface area contributed by atoms with Crippen molar-refractivity contribution < 1.29 is 9.53 Å². The maximum Gasteiger partial charge on any atom is 0.159 e. The standard InChI is InChI=1S/C17H16O2/c1-14(18)16-10-5-11-17(13-16)19-12-6-9-15-7-3-2-4-8-15/h2-11,13H,12H2,1H3/b9-6+. The number of hydrogen-bond acceptors (Lipinski definition) is 2. The van der Waals surface area contributed by atoms with Crippen LogP contribution in [0.15, 0.2) is 60.7 Å². The third kappa shape index (κ3) is 4.11. The molecule has 0 bridgehead atoms. The minimum atomic E-state index is 0.0466. The minimum Gasteiger partial charge on any atom is -0.490 e. The van der Waals surface area contributed by atoms with E-state index in [1.807, 2.05) is 54.6 Å². The molecule has 2 rings (SSSR count). The predicted octanol–water partition coefficient (Wildman–Crippen LogP) is 3.98. The molecule has 0 aliphatic carbocycles. The van der Waals surface area contributed by atoms with Crippen molar-refractivity contribution in [3.63, 3.8) is 0 Å². The lowest BCUT2D eigenvalue weighted by atomic mass is 10.1. The van der Waals surface area contributed by atoms with Crippen LogP contribution in [0.1, 0.15) is 22.8 Å². The Morgan fingerprint density at radius 1 is 1.11 bits per heavy atom. The molecule has 0 saturated carbocycles. The van der Waals surface area contributed by atoms with E-state index < -0.39 is 0 Å². The molecule has 0 radical (unpaired) electrons. The van der Waals surface area contributed by atoms with Gasteiger partial charge in [-0.25, -0.2) is 0 Å². The van der Waals surface area contributed by atoms with Crippen molar-refractivity contribution in [2.24, 2.45) is 0 Å². The van der Waals surface area contributed by atoms with E-state index in [2.05, 4.69) is 0 Å². The second-order valence-corrected chi connectivity index (χ2v) is 4.21. The molecule has 0 N–H and O–H groups in total. The molecular weight excluding hydrogens is 236 g/mol. The van der Waals surface area contributed by atoms with Gasteiger partial charge in [0.1, 0.15) is 12.4 Å². The zero-order chi connectivity index (χ0) is 13.5. The Balaban J connectivity index is 1.91. The molecule has 0 aliphatic rings. The Morgan fingerprint density at radius 3 is 2.63 bits per heavy atom. The van der Waals surface area contributed by atoms with Gasteiger partial charge in [-0.3, -0.25) is 4.79 Å². The first-order valence-corrected chi connectivity index (χ1v) is 6.21. The molecule has 96 valence electrons. The first-order valence-electron chi connectivity index (χ1n) is 6.21. The van der Waals surface area contributed by atoms with E-state index in [1.54, 1.807) is 19.1 Å². The van der Waals surface area contributed by atoms with E-state index in [0.29, 0.717) is 17.9 Å². The first-order chi connectivity index (χ1) is 9.25. The van der Waals surface area contributed by atoms with Crippen molar-refractivity contribution in [3.05, 3.63) is 71.8 Å². The van der Waals surface area contributed by atoms with Crippen LogP contribution >= 0.6 is 0 Å². The average molecular weight is 252 g/mol. The molecule has 0 heterocycles. The summed E-state index contributed by atoms with van der Waals surface area (Å²) in [6, 6.07) is 17.3. The highest BCUT2D eigenvalue weighted by molar-refractivity contribution is 5.94. The van der Waals surface area contributed by atoms with Crippen LogP contribution in [0.5, 0.6) is 5.75 Å². The first kappa shape index (κ1) is 13.1. The molecular formula is C17H16O2. The van der Waals surface area contributed by atoms with E-state index in [4.69, 9.17) is 4.74 Å². The molecule has 0 atom stereocenters. The SMILES string of the molecule is CC(=O)c1cccc(OC/C=C/c2ccccc2)c1. The fourth-order valence-corrected chi connectivity index (χ4v) is 1.70.